The van der Waals surface area contributed by atoms with Crippen molar-refractivity contribution < 1.29 is 13.9 Å². The van der Waals surface area contributed by atoms with Crippen molar-refractivity contribution in [2.45, 2.75) is 10.1 Å². The quantitative estimate of drug-likeness (QED) is 0.235. The lowest BCUT2D eigenvalue weighted by Crippen LogP contribution is -2.39. The Morgan fingerprint density at radius 3 is 2.88 bits per heavy atom. The Labute approximate surface area is 103 Å². The first-order valence-electron chi connectivity index (χ1n) is 4.79. The highest BCUT2D eigenvalue weighted by Crippen LogP contribution is 2.26. The Morgan fingerprint density at radius 2 is 2.35 bits per heavy atom. The van der Waals surface area contributed by atoms with Crippen molar-refractivity contribution in [3.63, 3.8) is 0 Å². The van der Waals surface area contributed by atoms with E-state index in [4.69, 9.17) is 16.3 Å². The van der Waals surface area contributed by atoms with Crippen LogP contribution < -0.4 is 17.0 Å². The maximum atomic E-state index is 13.2. The molecule has 1 atom stereocenters. The molecule has 0 fully saturated rings. The van der Waals surface area contributed by atoms with Crippen LogP contribution in [0, 0.1) is 5.82 Å². The minimum Gasteiger partial charge on any atom is -0.396 e. The predicted octanol–water partition coefficient (Wildman–Crippen LogP) is 0.505. The standard InChI is InChI=1S/C10H14FN3O2S/c1-16-5-9(10(15)14-13)17-6-2-3-8(12)7(11)4-6/h2-4,9H,5,12-13H2,1H3,(H,14,15). The number of hydrazine groups is 1. The molecule has 1 unspecified atom stereocenters. The van der Waals surface area contributed by atoms with Crippen molar-refractivity contribution in [3.8, 4) is 0 Å². The second-order valence-electron chi connectivity index (χ2n) is 3.25. The zero-order valence-corrected chi connectivity index (χ0v) is 10.1. The van der Waals surface area contributed by atoms with Gasteiger partial charge < -0.3 is 10.5 Å². The van der Waals surface area contributed by atoms with Gasteiger partial charge in [-0.15, -0.1) is 11.8 Å². The number of hydrogen-bond donors (Lipinski definition) is 3. The molecule has 1 rings (SSSR count). The number of ether oxygens (including phenoxy) is 1. The van der Waals surface area contributed by atoms with E-state index >= 15 is 0 Å². The van der Waals surface area contributed by atoms with Crippen molar-refractivity contribution in [1.29, 1.82) is 0 Å². The summed E-state index contributed by atoms with van der Waals surface area (Å²) in [5, 5.41) is -0.534. The molecule has 0 heterocycles. The molecule has 0 spiro atoms. The molecule has 94 valence electrons. The largest absolute Gasteiger partial charge is 0.396 e. The Hall–Kier alpha value is -1.31. The summed E-state index contributed by atoms with van der Waals surface area (Å²) in [6.07, 6.45) is 0. The van der Waals surface area contributed by atoms with Gasteiger partial charge in [0.1, 0.15) is 11.1 Å². The summed E-state index contributed by atoms with van der Waals surface area (Å²) in [5.74, 6) is 4.15. The van der Waals surface area contributed by atoms with Crippen molar-refractivity contribution in [3.05, 3.63) is 24.0 Å². The fourth-order valence-corrected chi connectivity index (χ4v) is 2.18. The third-order valence-electron chi connectivity index (χ3n) is 2.00. The first-order chi connectivity index (χ1) is 8.08. The third kappa shape index (κ3) is 3.88. The molecule has 0 bridgehead atoms. The number of hydrogen-bond acceptors (Lipinski definition) is 5. The fraction of sp³-hybridized carbons (Fsp3) is 0.300. The molecule has 0 aliphatic heterocycles. The number of nitrogen functional groups attached to an aromatic ring is 1. The monoisotopic (exact) mass is 259 g/mol. The van der Waals surface area contributed by atoms with Crippen LogP contribution in [0.5, 0.6) is 0 Å². The van der Waals surface area contributed by atoms with E-state index in [0.29, 0.717) is 4.90 Å². The van der Waals surface area contributed by atoms with Gasteiger partial charge in [0.2, 0.25) is 5.91 Å². The molecule has 1 amide bonds. The highest BCUT2D eigenvalue weighted by Gasteiger charge is 2.19. The summed E-state index contributed by atoms with van der Waals surface area (Å²) in [6, 6.07) is 4.35. The number of benzene rings is 1. The second-order valence-corrected chi connectivity index (χ2v) is 4.53. The summed E-state index contributed by atoms with van der Waals surface area (Å²) in [5.41, 5.74) is 7.46. The summed E-state index contributed by atoms with van der Waals surface area (Å²) in [4.78, 5) is 12.0. The van der Waals surface area contributed by atoms with E-state index in [1.807, 2.05) is 5.43 Å². The van der Waals surface area contributed by atoms with Crippen LogP contribution in [-0.2, 0) is 9.53 Å². The minimum atomic E-state index is -0.534. The summed E-state index contributed by atoms with van der Waals surface area (Å²) < 4.78 is 18.1. The van der Waals surface area contributed by atoms with E-state index in [0.717, 1.165) is 11.8 Å². The molecule has 0 radical (unpaired) electrons. The molecular formula is C10H14FN3O2S. The van der Waals surface area contributed by atoms with Gasteiger partial charge in [0, 0.05) is 12.0 Å². The van der Waals surface area contributed by atoms with Crippen LogP contribution in [0.2, 0.25) is 0 Å². The molecule has 1 aromatic carbocycles. The van der Waals surface area contributed by atoms with Crippen LogP contribution in [-0.4, -0.2) is 24.9 Å². The first-order valence-corrected chi connectivity index (χ1v) is 5.67. The fourth-order valence-electron chi connectivity index (χ4n) is 1.15. The van der Waals surface area contributed by atoms with Gasteiger partial charge in [0.25, 0.3) is 0 Å². The van der Waals surface area contributed by atoms with E-state index in [1.54, 1.807) is 6.07 Å². The lowest BCUT2D eigenvalue weighted by atomic mass is 10.3. The Balaban J connectivity index is 2.78. The number of thioether (sulfide) groups is 1. The van der Waals surface area contributed by atoms with Gasteiger partial charge in [0.15, 0.2) is 0 Å². The number of amides is 1. The summed E-state index contributed by atoms with van der Waals surface area (Å²) in [7, 11) is 1.47. The highest BCUT2D eigenvalue weighted by molar-refractivity contribution is 8.00. The van der Waals surface area contributed by atoms with Crippen LogP contribution in [0.1, 0.15) is 0 Å². The Bertz CT molecular complexity index is 403. The number of carbonyl (C=O) groups excluding carboxylic acids is 1. The summed E-state index contributed by atoms with van der Waals surface area (Å²) >= 11 is 1.16. The van der Waals surface area contributed by atoms with E-state index in [-0.39, 0.29) is 18.2 Å². The van der Waals surface area contributed by atoms with Crippen molar-refractivity contribution >= 4 is 23.4 Å². The zero-order chi connectivity index (χ0) is 12.8. The summed E-state index contributed by atoms with van der Waals surface area (Å²) in [6.45, 7) is 0.180. The van der Waals surface area contributed by atoms with Crippen molar-refractivity contribution in [1.82, 2.24) is 5.43 Å². The van der Waals surface area contributed by atoms with Gasteiger partial charge in [-0.2, -0.15) is 0 Å². The van der Waals surface area contributed by atoms with E-state index in [2.05, 4.69) is 0 Å². The Kier molecular flexibility index (Phi) is 5.20. The molecule has 1 aromatic rings. The van der Waals surface area contributed by atoms with Crippen LogP contribution in [0.25, 0.3) is 0 Å². The normalized spacial score (nSPS) is 12.2. The number of nitrogens with two attached hydrogens (primary N) is 2. The minimum absolute atomic E-state index is 0.0703. The highest BCUT2D eigenvalue weighted by atomic mass is 32.2. The predicted molar refractivity (Wildman–Crippen MR) is 64.7 cm³/mol. The molecule has 0 aliphatic carbocycles. The molecule has 0 saturated heterocycles. The smallest absolute Gasteiger partial charge is 0.249 e. The van der Waals surface area contributed by atoms with Gasteiger partial charge in [-0.1, -0.05) is 0 Å². The van der Waals surface area contributed by atoms with Gasteiger partial charge >= 0.3 is 0 Å². The van der Waals surface area contributed by atoms with Gasteiger partial charge in [-0.3, -0.25) is 10.2 Å². The van der Waals surface area contributed by atoms with Gasteiger partial charge in [-0.05, 0) is 18.2 Å². The van der Waals surface area contributed by atoms with Crippen LogP contribution in [0.4, 0.5) is 10.1 Å². The number of carbonyl (C=O) groups is 1. The van der Waals surface area contributed by atoms with Crippen LogP contribution in [0.3, 0.4) is 0 Å². The average molecular weight is 259 g/mol. The van der Waals surface area contributed by atoms with Crippen LogP contribution in [0.15, 0.2) is 23.1 Å². The number of halogens is 1. The second kappa shape index (κ2) is 6.43. The molecule has 0 saturated carbocycles. The average Bonchev–Trinajstić information content (AvgIpc) is 2.32. The lowest BCUT2D eigenvalue weighted by molar-refractivity contribution is -0.121. The number of rotatable bonds is 5. The number of nitrogens with one attached hydrogen (secondary N) is 1. The molecule has 17 heavy (non-hydrogen) atoms. The molecule has 5 N–H and O–H groups in total. The zero-order valence-electron chi connectivity index (χ0n) is 9.27. The maximum Gasteiger partial charge on any atom is 0.249 e. The van der Waals surface area contributed by atoms with Gasteiger partial charge in [0.05, 0.1) is 12.3 Å². The maximum absolute atomic E-state index is 13.2. The lowest BCUT2D eigenvalue weighted by Gasteiger charge is -2.13. The van der Waals surface area contributed by atoms with Crippen LogP contribution >= 0.6 is 11.8 Å². The number of anilines is 1. The molecule has 0 aliphatic rings. The number of methoxy groups -OCH3 is 1. The topological polar surface area (TPSA) is 90.4 Å². The SMILES string of the molecule is COCC(Sc1ccc(N)c(F)c1)C(=O)NN. The van der Waals surface area contributed by atoms with E-state index in [1.165, 1.54) is 19.2 Å². The third-order valence-corrected chi connectivity index (χ3v) is 3.16. The van der Waals surface area contributed by atoms with E-state index in [9.17, 15) is 9.18 Å². The van der Waals surface area contributed by atoms with Crippen molar-refractivity contribution in [2.24, 2.45) is 5.84 Å². The molecule has 0 aromatic heterocycles. The molecular weight excluding hydrogens is 245 g/mol. The van der Waals surface area contributed by atoms with Gasteiger partial charge in [-0.25, -0.2) is 10.2 Å². The molecule has 5 nitrogen and oxygen atoms in total. The van der Waals surface area contributed by atoms with E-state index < -0.39 is 11.1 Å². The first kappa shape index (κ1) is 13.8. The molecule has 7 heteroatoms. The Morgan fingerprint density at radius 1 is 1.65 bits per heavy atom. The van der Waals surface area contributed by atoms with Crippen molar-refractivity contribution in [2.75, 3.05) is 19.5 Å².